The standard InChI is InChI=1S/C20H36O/c1-2-10-18(19-11-5-3-6-12-19)13-9-16-20(17-21)14-7-4-8-15-20/h17-19H,2-16H2,1H3. The Kier molecular flexibility index (Phi) is 7.26. The third-order valence-corrected chi connectivity index (χ3v) is 6.32. The highest BCUT2D eigenvalue weighted by atomic mass is 16.1. The van der Waals surface area contributed by atoms with Crippen molar-refractivity contribution >= 4 is 6.29 Å². The molecule has 0 bridgehead atoms. The lowest BCUT2D eigenvalue weighted by Gasteiger charge is -2.34. The predicted molar refractivity (Wildman–Crippen MR) is 90.4 cm³/mol. The summed E-state index contributed by atoms with van der Waals surface area (Å²) < 4.78 is 0. The first-order valence-electron chi connectivity index (χ1n) is 9.76. The molecule has 0 aromatic rings. The molecule has 2 fully saturated rings. The lowest BCUT2D eigenvalue weighted by molar-refractivity contribution is -0.118. The molecule has 0 aliphatic heterocycles. The van der Waals surface area contributed by atoms with Gasteiger partial charge in [0.2, 0.25) is 0 Å². The Morgan fingerprint density at radius 2 is 1.67 bits per heavy atom. The number of aldehydes is 1. The average Bonchev–Trinajstić information content (AvgIpc) is 2.56. The van der Waals surface area contributed by atoms with E-state index in [4.69, 9.17) is 0 Å². The minimum atomic E-state index is 0.0710. The van der Waals surface area contributed by atoms with Gasteiger partial charge in [-0.25, -0.2) is 0 Å². The number of carbonyl (C=O) groups excluding carboxylic acids is 1. The van der Waals surface area contributed by atoms with Crippen molar-refractivity contribution < 1.29 is 4.79 Å². The molecular weight excluding hydrogens is 256 g/mol. The van der Waals surface area contributed by atoms with Crippen LogP contribution in [-0.2, 0) is 4.79 Å². The maximum Gasteiger partial charge on any atom is 0.126 e. The molecule has 2 aliphatic rings. The van der Waals surface area contributed by atoms with E-state index in [9.17, 15) is 4.79 Å². The summed E-state index contributed by atoms with van der Waals surface area (Å²) in [6.07, 6.45) is 21.5. The van der Waals surface area contributed by atoms with Crippen LogP contribution < -0.4 is 0 Å². The molecule has 1 unspecified atom stereocenters. The molecule has 0 heterocycles. The summed E-state index contributed by atoms with van der Waals surface area (Å²) in [5.41, 5.74) is 0.0710. The second-order valence-corrected chi connectivity index (χ2v) is 7.88. The van der Waals surface area contributed by atoms with Gasteiger partial charge in [-0.15, -0.1) is 0 Å². The van der Waals surface area contributed by atoms with Crippen molar-refractivity contribution in [3.05, 3.63) is 0 Å². The van der Waals surface area contributed by atoms with Gasteiger partial charge in [0.05, 0.1) is 0 Å². The minimum Gasteiger partial charge on any atom is -0.303 e. The predicted octanol–water partition coefficient (Wildman–Crippen LogP) is 6.30. The van der Waals surface area contributed by atoms with Crippen LogP contribution in [0, 0.1) is 17.3 Å². The van der Waals surface area contributed by atoms with Crippen LogP contribution in [0.1, 0.15) is 103 Å². The first kappa shape index (κ1) is 17.0. The molecule has 1 nitrogen and oxygen atoms in total. The van der Waals surface area contributed by atoms with Crippen LogP contribution in [-0.4, -0.2) is 6.29 Å². The van der Waals surface area contributed by atoms with E-state index in [2.05, 4.69) is 6.92 Å². The van der Waals surface area contributed by atoms with Crippen molar-refractivity contribution in [1.29, 1.82) is 0 Å². The Balaban J connectivity index is 1.78. The van der Waals surface area contributed by atoms with E-state index in [1.54, 1.807) is 0 Å². The summed E-state index contributed by atoms with van der Waals surface area (Å²) >= 11 is 0. The zero-order chi connectivity index (χ0) is 15.0. The molecule has 0 spiro atoms. The van der Waals surface area contributed by atoms with Crippen LogP contribution in [0.3, 0.4) is 0 Å². The number of hydrogen-bond acceptors (Lipinski definition) is 1. The molecule has 0 saturated heterocycles. The fourth-order valence-corrected chi connectivity index (χ4v) is 4.99. The summed E-state index contributed by atoms with van der Waals surface area (Å²) in [7, 11) is 0. The van der Waals surface area contributed by atoms with E-state index in [0.29, 0.717) is 0 Å². The molecule has 1 atom stereocenters. The van der Waals surface area contributed by atoms with Gasteiger partial charge in [0.1, 0.15) is 6.29 Å². The normalized spacial score (nSPS) is 24.6. The molecule has 122 valence electrons. The number of hydrogen-bond donors (Lipinski definition) is 0. The van der Waals surface area contributed by atoms with E-state index in [0.717, 1.165) is 11.8 Å². The molecule has 2 saturated carbocycles. The van der Waals surface area contributed by atoms with Crippen LogP contribution in [0.4, 0.5) is 0 Å². The maximum absolute atomic E-state index is 11.6. The zero-order valence-electron chi connectivity index (χ0n) is 14.2. The van der Waals surface area contributed by atoms with E-state index in [1.807, 2.05) is 0 Å². The molecule has 0 aromatic carbocycles. The third-order valence-electron chi connectivity index (χ3n) is 6.32. The molecule has 21 heavy (non-hydrogen) atoms. The third kappa shape index (κ3) is 5.11. The first-order chi connectivity index (χ1) is 10.3. The van der Waals surface area contributed by atoms with Gasteiger partial charge < -0.3 is 4.79 Å². The van der Waals surface area contributed by atoms with Gasteiger partial charge in [-0.1, -0.05) is 84.0 Å². The molecule has 0 aromatic heterocycles. The average molecular weight is 293 g/mol. The fourth-order valence-electron chi connectivity index (χ4n) is 4.99. The smallest absolute Gasteiger partial charge is 0.126 e. The molecule has 0 radical (unpaired) electrons. The van der Waals surface area contributed by atoms with E-state index in [-0.39, 0.29) is 5.41 Å². The van der Waals surface area contributed by atoms with Crippen LogP contribution in [0.2, 0.25) is 0 Å². The summed E-state index contributed by atoms with van der Waals surface area (Å²) in [6.45, 7) is 2.34. The van der Waals surface area contributed by atoms with Gasteiger partial charge in [-0.3, -0.25) is 0 Å². The van der Waals surface area contributed by atoms with Gasteiger partial charge in [0.25, 0.3) is 0 Å². The van der Waals surface area contributed by atoms with Gasteiger partial charge in [0, 0.05) is 5.41 Å². The Morgan fingerprint density at radius 3 is 2.29 bits per heavy atom. The van der Waals surface area contributed by atoms with Crippen LogP contribution >= 0.6 is 0 Å². The summed E-state index contributed by atoms with van der Waals surface area (Å²) in [4.78, 5) is 11.6. The van der Waals surface area contributed by atoms with Crippen molar-refractivity contribution in [3.8, 4) is 0 Å². The second kappa shape index (κ2) is 8.96. The fraction of sp³-hybridized carbons (Fsp3) is 0.950. The lowest BCUT2D eigenvalue weighted by atomic mass is 9.70. The summed E-state index contributed by atoms with van der Waals surface area (Å²) in [5.74, 6) is 1.94. The molecule has 2 aliphatic carbocycles. The highest BCUT2D eigenvalue weighted by Gasteiger charge is 2.31. The van der Waals surface area contributed by atoms with Crippen molar-refractivity contribution in [1.82, 2.24) is 0 Å². The van der Waals surface area contributed by atoms with Crippen molar-refractivity contribution in [2.75, 3.05) is 0 Å². The molecule has 0 N–H and O–H groups in total. The Bertz CT molecular complexity index is 284. The van der Waals surface area contributed by atoms with Crippen LogP contribution in [0.25, 0.3) is 0 Å². The quantitative estimate of drug-likeness (QED) is 0.479. The molecule has 0 amide bonds. The summed E-state index contributed by atoms with van der Waals surface area (Å²) in [5, 5.41) is 0. The lowest BCUT2D eigenvalue weighted by Crippen LogP contribution is -2.26. The van der Waals surface area contributed by atoms with Crippen molar-refractivity contribution in [2.45, 2.75) is 103 Å². The van der Waals surface area contributed by atoms with Crippen molar-refractivity contribution in [3.63, 3.8) is 0 Å². The van der Waals surface area contributed by atoms with Crippen molar-refractivity contribution in [2.24, 2.45) is 17.3 Å². The number of carbonyl (C=O) groups is 1. The highest BCUT2D eigenvalue weighted by molar-refractivity contribution is 5.59. The van der Waals surface area contributed by atoms with Gasteiger partial charge in [-0.05, 0) is 31.1 Å². The topological polar surface area (TPSA) is 17.1 Å². The Hall–Kier alpha value is -0.330. The SMILES string of the molecule is CCCC(CCCC1(C=O)CCCCC1)C1CCCCC1. The van der Waals surface area contributed by atoms with Gasteiger partial charge in [0.15, 0.2) is 0 Å². The van der Waals surface area contributed by atoms with Crippen LogP contribution in [0.15, 0.2) is 0 Å². The van der Waals surface area contributed by atoms with E-state index >= 15 is 0 Å². The molecular formula is C20H36O. The Morgan fingerprint density at radius 1 is 1.00 bits per heavy atom. The number of rotatable bonds is 8. The highest BCUT2D eigenvalue weighted by Crippen LogP contribution is 2.41. The molecule has 2 rings (SSSR count). The Labute approximate surface area is 132 Å². The zero-order valence-corrected chi connectivity index (χ0v) is 14.2. The maximum atomic E-state index is 11.6. The first-order valence-corrected chi connectivity index (χ1v) is 9.76. The summed E-state index contributed by atoms with van der Waals surface area (Å²) in [6, 6.07) is 0. The minimum absolute atomic E-state index is 0.0710. The monoisotopic (exact) mass is 292 g/mol. The largest absolute Gasteiger partial charge is 0.303 e. The second-order valence-electron chi connectivity index (χ2n) is 7.88. The van der Waals surface area contributed by atoms with E-state index in [1.165, 1.54) is 103 Å². The van der Waals surface area contributed by atoms with Crippen LogP contribution in [0.5, 0.6) is 0 Å². The van der Waals surface area contributed by atoms with E-state index < -0.39 is 0 Å². The molecule has 1 heteroatoms. The van der Waals surface area contributed by atoms with Gasteiger partial charge in [-0.2, -0.15) is 0 Å². The van der Waals surface area contributed by atoms with Gasteiger partial charge >= 0.3 is 0 Å².